The summed E-state index contributed by atoms with van der Waals surface area (Å²) in [4.78, 5) is 22.1. The molecule has 2 aromatic rings. The van der Waals surface area contributed by atoms with Gasteiger partial charge in [-0.25, -0.2) is 9.59 Å². The molecule has 8 nitrogen and oxygen atoms in total. The molecule has 0 aliphatic rings. The normalized spacial score (nSPS) is 8.93. The molecular weight excluding hydrogens is 400 g/mol. The molecule has 0 saturated heterocycles. The van der Waals surface area contributed by atoms with E-state index < -0.39 is 12.2 Å². The van der Waals surface area contributed by atoms with Crippen LogP contribution in [0.5, 0.6) is 0 Å². The highest BCUT2D eigenvalue weighted by Crippen LogP contribution is 2.20. The molecule has 148 valence electrons. The third kappa shape index (κ3) is 9.46. The van der Waals surface area contributed by atoms with Gasteiger partial charge in [0.15, 0.2) is 10.2 Å². The lowest BCUT2D eigenvalue weighted by molar-refractivity contribution is 0.176. The molecule has 0 unspecified atom stereocenters. The van der Waals surface area contributed by atoms with Crippen molar-refractivity contribution in [2.24, 2.45) is 0 Å². The molecule has 2 aromatic carbocycles. The Morgan fingerprint density at radius 3 is 1.29 bits per heavy atom. The maximum absolute atomic E-state index is 11.1. The molecule has 0 aliphatic carbocycles. The molecular formula is C18H20N4O4S2. The van der Waals surface area contributed by atoms with E-state index >= 15 is 0 Å². The summed E-state index contributed by atoms with van der Waals surface area (Å²) < 4.78 is 8.87. The molecule has 4 N–H and O–H groups in total. The third-order valence-electron chi connectivity index (χ3n) is 2.89. The van der Waals surface area contributed by atoms with Crippen molar-refractivity contribution in [3.8, 4) is 0 Å². The van der Waals surface area contributed by atoms with Crippen molar-refractivity contribution >= 4 is 58.2 Å². The van der Waals surface area contributed by atoms with Crippen LogP contribution in [0.2, 0.25) is 0 Å². The number of rotatable bonds is 2. The van der Waals surface area contributed by atoms with Crippen LogP contribution in [0.25, 0.3) is 0 Å². The monoisotopic (exact) mass is 420 g/mol. The van der Waals surface area contributed by atoms with Crippen molar-refractivity contribution in [1.29, 1.82) is 0 Å². The van der Waals surface area contributed by atoms with Crippen LogP contribution < -0.4 is 21.3 Å². The quantitative estimate of drug-likeness (QED) is 0.548. The number of thiocarbonyl (C=S) groups is 2. The van der Waals surface area contributed by atoms with Gasteiger partial charge in [0, 0.05) is 0 Å². The molecule has 28 heavy (non-hydrogen) atoms. The van der Waals surface area contributed by atoms with Gasteiger partial charge in [-0.1, -0.05) is 48.5 Å². The highest BCUT2D eigenvalue weighted by molar-refractivity contribution is 7.80. The molecule has 0 aromatic heterocycles. The Balaban J connectivity index is 0.000000552. The molecule has 2 rings (SSSR count). The molecule has 0 heterocycles. The van der Waals surface area contributed by atoms with Gasteiger partial charge >= 0.3 is 12.2 Å². The number of benzene rings is 2. The molecule has 0 spiro atoms. The molecule has 0 bridgehead atoms. The number of nitrogens with one attached hydrogen (secondary N) is 4. The van der Waals surface area contributed by atoms with Gasteiger partial charge in [0.1, 0.15) is 0 Å². The fourth-order valence-electron chi connectivity index (χ4n) is 1.68. The summed E-state index contributed by atoms with van der Waals surface area (Å²) >= 11 is 9.93. The summed E-state index contributed by atoms with van der Waals surface area (Å²) in [6, 6.07) is 18.9. The SMILES string of the molecule is COC(=O)NC(=S)Nc1ccccc1NC(=S)NC(=O)OC.c1ccccc1. The van der Waals surface area contributed by atoms with Crippen LogP contribution in [-0.4, -0.2) is 36.6 Å². The van der Waals surface area contributed by atoms with Crippen molar-refractivity contribution in [1.82, 2.24) is 10.6 Å². The van der Waals surface area contributed by atoms with Crippen LogP contribution in [-0.2, 0) is 9.47 Å². The predicted molar refractivity (Wildman–Crippen MR) is 116 cm³/mol. The first-order valence-electron chi connectivity index (χ1n) is 7.87. The van der Waals surface area contributed by atoms with E-state index in [1.54, 1.807) is 24.3 Å². The van der Waals surface area contributed by atoms with Crippen molar-refractivity contribution in [2.45, 2.75) is 0 Å². The molecule has 0 saturated carbocycles. The fourth-order valence-corrected chi connectivity index (χ4v) is 2.07. The Kier molecular flexibility index (Phi) is 10.6. The van der Waals surface area contributed by atoms with Crippen LogP contribution in [0, 0.1) is 0 Å². The molecule has 0 atom stereocenters. The van der Waals surface area contributed by atoms with E-state index in [0.29, 0.717) is 11.4 Å². The Hall–Kier alpha value is -3.24. The van der Waals surface area contributed by atoms with E-state index in [-0.39, 0.29) is 10.2 Å². The molecule has 10 heteroatoms. The van der Waals surface area contributed by atoms with Gasteiger partial charge in [0.2, 0.25) is 0 Å². The minimum Gasteiger partial charge on any atom is -0.453 e. The smallest absolute Gasteiger partial charge is 0.413 e. The van der Waals surface area contributed by atoms with Crippen LogP contribution >= 0.6 is 24.4 Å². The predicted octanol–water partition coefficient (Wildman–Crippen LogP) is 3.48. The van der Waals surface area contributed by atoms with Crippen molar-refractivity contribution in [2.75, 3.05) is 24.9 Å². The van der Waals surface area contributed by atoms with E-state index in [4.69, 9.17) is 24.4 Å². The zero-order chi connectivity index (χ0) is 20.8. The van der Waals surface area contributed by atoms with Gasteiger partial charge in [-0.05, 0) is 36.6 Å². The van der Waals surface area contributed by atoms with E-state index in [1.165, 1.54) is 14.2 Å². The van der Waals surface area contributed by atoms with Gasteiger partial charge in [-0.2, -0.15) is 0 Å². The van der Waals surface area contributed by atoms with Crippen molar-refractivity contribution < 1.29 is 19.1 Å². The van der Waals surface area contributed by atoms with Gasteiger partial charge in [0.05, 0.1) is 25.6 Å². The minimum absolute atomic E-state index is 0.0490. The van der Waals surface area contributed by atoms with Gasteiger partial charge in [-0.15, -0.1) is 0 Å². The lowest BCUT2D eigenvalue weighted by atomic mass is 10.2. The number of carbonyl (C=O) groups is 2. The van der Waals surface area contributed by atoms with Crippen molar-refractivity contribution in [3.63, 3.8) is 0 Å². The average Bonchev–Trinajstić information content (AvgIpc) is 2.70. The average molecular weight is 421 g/mol. The first kappa shape index (κ1) is 22.8. The summed E-state index contributed by atoms with van der Waals surface area (Å²) in [5, 5.41) is 10.3. The second-order valence-corrected chi connectivity index (χ2v) is 5.66. The summed E-state index contributed by atoms with van der Waals surface area (Å²) in [5.74, 6) is 0. The van der Waals surface area contributed by atoms with Crippen molar-refractivity contribution in [3.05, 3.63) is 60.7 Å². The number of hydrogen-bond acceptors (Lipinski definition) is 6. The van der Waals surface area contributed by atoms with Crippen LogP contribution in [0.3, 0.4) is 0 Å². The summed E-state index contributed by atoms with van der Waals surface area (Å²) in [7, 11) is 2.45. The highest BCUT2D eigenvalue weighted by atomic mass is 32.1. The largest absolute Gasteiger partial charge is 0.453 e. The summed E-state index contributed by atoms with van der Waals surface area (Å²) in [5.41, 5.74) is 1.08. The van der Waals surface area contributed by atoms with Gasteiger partial charge in [0.25, 0.3) is 0 Å². The number of amides is 2. The second kappa shape index (κ2) is 13.0. The number of alkyl carbamates (subject to hydrolysis) is 2. The molecule has 0 aliphatic heterocycles. The number of anilines is 2. The summed E-state index contributed by atoms with van der Waals surface area (Å²) in [6.45, 7) is 0. The van der Waals surface area contributed by atoms with Gasteiger partial charge in [-0.3, -0.25) is 10.6 Å². The van der Waals surface area contributed by atoms with E-state index in [1.807, 2.05) is 36.4 Å². The van der Waals surface area contributed by atoms with E-state index in [0.717, 1.165) is 0 Å². The number of ether oxygens (including phenoxy) is 2. The zero-order valence-corrected chi connectivity index (χ0v) is 16.9. The molecule has 0 radical (unpaired) electrons. The number of carbonyl (C=O) groups excluding carboxylic acids is 2. The third-order valence-corrected chi connectivity index (χ3v) is 3.30. The molecule has 2 amide bonds. The lowest BCUT2D eigenvalue weighted by Gasteiger charge is -2.15. The Morgan fingerprint density at radius 1 is 0.679 bits per heavy atom. The lowest BCUT2D eigenvalue weighted by Crippen LogP contribution is -2.35. The van der Waals surface area contributed by atoms with Crippen LogP contribution in [0.15, 0.2) is 60.7 Å². The minimum atomic E-state index is -0.689. The fraction of sp³-hybridized carbons (Fsp3) is 0.111. The van der Waals surface area contributed by atoms with E-state index in [9.17, 15) is 9.59 Å². The first-order valence-corrected chi connectivity index (χ1v) is 8.69. The number of methoxy groups -OCH3 is 2. The van der Waals surface area contributed by atoms with Crippen LogP contribution in [0.1, 0.15) is 0 Å². The Labute approximate surface area is 173 Å². The maximum atomic E-state index is 11.1. The maximum Gasteiger partial charge on any atom is 0.413 e. The van der Waals surface area contributed by atoms with Gasteiger partial charge < -0.3 is 20.1 Å². The standard InChI is InChI=1S/C12H14N4O4S2.C6H6/c1-19-11(17)15-9(21)13-7-5-3-4-6-8(7)14-10(22)16-12(18)20-2;1-2-4-6-5-3-1/h3-6H,1-2H3,(H2,13,15,17,21)(H2,14,16,18,22);1-6H. The Bertz CT molecular complexity index is 725. The Morgan fingerprint density at radius 2 is 1.00 bits per heavy atom. The van der Waals surface area contributed by atoms with E-state index in [2.05, 4.69) is 30.7 Å². The number of hydrogen-bond donors (Lipinski definition) is 4. The first-order chi connectivity index (χ1) is 13.5. The molecule has 0 fully saturated rings. The van der Waals surface area contributed by atoms with Crippen LogP contribution in [0.4, 0.5) is 21.0 Å². The highest BCUT2D eigenvalue weighted by Gasteiger charge is 2.09. The summed E-state index contributed by atoms with van der Waals surface area (Å²) in [6.07, 6.45) is -1.38. The second-order valence-electron chi connectivity index (χ2n) is 4.84. The number of para-hydroxylation sites is 2. The zero-order valence-electron chi connectivity index (χ0n) is 15.2. The topological polar surface area (TPSA) is 101 Å².